The predicted octanol–water partition coefficient (Wildman–Crippen LogP) is 4.25. The van der Waals surface area contributed by atoms with Gasteiger partial charge in [-0.15, -0.1) is 0 Å². The highest BCUT2D eigenvalue weighted by atomic mass is 32.2. The van der Waals surface area contributed by atoms with Crippen LogP contribution in [0.1, 0.15) is 46.2 Å². The third kappa shape index (κ3) is 5.95. The van der Waals surface area contributed by atoms with E-state index in [9.17, 15) is 4.79 Å². The van der Waals surface area contributed by atoms with E-state index in [1.165, 1.54) is 12.8 Å². The maximum atomic E-state index is 13.0. The number of anilines is 2. The van der Waals surface area contributed by atoms with Crippen molar-refractivity contribution in [2.45, 2.75) is 57.3 Å². The normalized spacial score (nSPS) is 13.6. The van der Waals surface area contributed by atoms with E-state index >= 15 is 0 Å². The molecule has 0 radical (unpaired) electrons. The van der Waals surface area contributed by atoms with E-state index in [1.807, 2.05) is 33.8 Å². The summed E-state index contributed by atoms with van der Waals surface area (Å²) in [6.45, 7) is 7.51. The minimum Gasteiger partial charge on any atom is -0.474 e. The zero-order valence-electron chi connectivity index (χ0n) is 19.1. The van der Waals surface area contributed by atoms with Crippen LogP contribution >= 0.6 is 11.9 Å². The average Bonchev–Trinajstić information content (AvgIpc) is 3.63. The number of nitrogens with one attached hydrogen (secondary N) is 2. The number of carbonyl (C=O) groups is 1. The Bertz CT molecular complexity index is 1120. The predicted molar refractivity (Wildman–Crippen MR) is 129 cm³/mol. The SMILES string of the molecule is CC(C)Oc1cncc(-c2ccc(NC(=O)C(C)(C)c3ccnc(NSC4CC4)n3)nc2)n1. The molecule has 3 aromatic rings. The number of nitrogens with zero attached hydrogens (tertiary/aromatic N) is 5. The molecule has 0 saturated heterocycles. The Balaban J connectivity index is 1.43. The standard InChI is InChI=1S/C23H27N7O2S/c1-14(2)32-20-13-24-12-17(27-20)15-5-8-19(26-11-15)29-21(31)23(3,4)18-9-10-25-22(28-18)30-33-16-6-7-16/h5,8-14,16H,6-7H2,1-4H3,(H,25,28,30)(H,26,29,31). The number of hydrogen-bond donors (Lipinski definition) is 2. The highest BCUT2D eigenvalue weighted by Gasteiger charge is 2.32. The third-order valence-corrected chi connectivity index (χ3v) is 6.08. The molecule has 0 aliphatic heterocycles. The summed E-state index contributed by atoms with van der Waals surface area (Å²) in [5.41, 5.74) is 1.16. The minimum absolute atomic E-state index is 0.00677. The van der Waals surface area contributed by atoms with Gasteiger partial charge in [0.05, 0.1) is 35.3 Å². The smallest absolute Gasteiger partial charge is 0.237 e. The molecule has 172 valence electrons. The first-order chi connectivity index (χ1) is 15.8. The first-order valence-electron chi connectivity index (χ1n) is 10.8. The number of carbonyl (C=O) groups excluding carboxylic acids is 1. The lowest BCUT2D eigenvalue weighted by Gasteiger charge is -2.23. The van der Waals surface area contributed by atoms with Crippen molar-refractivity contribution in [1.82, 2.24) is 24.9 Å². The van der Waals surface area contributed by atoms with E-state index in [-0.39, 0.29) is 12.0 Å². The van der Waals surface area contributed by atoms with Crippen LogP contribution in [-0.4, -0.2) is 42.2 Å². The van der Waals surface area contributed by atoms with Crippen LogP contribution in [0.3, 0.4) is 0 Å². The maximum Gasteiger partial charge on any atom is 0.237 e. The van der Waals surface area contributed by atoms with Gasteiger partial charge in [-0.1, -0.05) is 0 Å². The van der Waals surface area contributed by atoms with Crippen molar-refractivity contribution < 1.29 is 9.53 Å². The van der Waals surface area contributed by atoms with Crippen molar-refractivity contribution >= 4 is 29.6 Å². The Kier molecular flexibility index (Phi) is 6.73. The topological polar surface area (TPSA) is 115 Å². The molecule has 3 aromatic heterocycles. The van der Waals surface area contributed by atoms with Gasteiger partial charge in [0.1, 0.15) is 5.82 Å². The van der Waals surface area contributed by atoms with E-state index < -0.39 is 5.41 Å². The second kappa shape index (κ2) is 9.70. The monoisotopic (exact) mass is 465 g/mol. The van der Waals surface area contributed by atoms with Crippen molar-refractivity contribution in [1.29, 1.82) is 0 Å². The van der Waals surface area contributed by atoms with Crippen LogP contribution in [0.4, 0.5) is 11.8 Å². The van der Waals surface area contributed by atoms with Gasteiger partial charge in [-0.2, -0.15) is 0 Å². The molecule has 0 unspecified atom stereocenters. The minimum atomic E-state index is -0.877. The van der Waals surface area contributed by atoms with Crippen molar-refractivity contribution in [2.75, 3.05) is 10.0 Å². The van der Waals surface area contributed by atoms with Crippen LogP contribution < -0.4 is 14.8 Å². The fraction of sp³-hybridized carbons (Fsp3) is 0.391. The van der Waals surface area contributed by atoms with Gasteiger partial charge in [0, 0.05) is 23.2 Å². The molecule has 33 heavy (non-hydrogen) atoms. The molecule has 0 aromatic carbocycles. The molecule has 1 aliphatic carbocycles. The molecule has 1 saturated carbocycles. The van der Waals surface area contributed by atoms with Crippen molar-refractivity contribution in [3.05, 3.63) is 48.7 Å². The lowest BCUT2D eigenvalue weighted by Crippen LogP contribution is -2.36. The van der Waals surface area contributed by atoms with Gasteiger partial charge in [0.15, 0.2) is 0 Å². The molecule has 0 spiro atoms. The first kappa shape index (κ1) is 22.9. The van der Waals surface area contributed by atoms with Crippen molar-refractivity contribution in [3.8, 4) is 17.1 Å². The van der Waals surface area contributed by atoms with E-state index in [0.29, 0.717) is 34.3 Å². The van der Waals surface area contributed by atoms with Crippen LogP contribution in [0.2, 0.25) is 0 Å². The molecule has 0 bridgehead atoms. The molecule has 0 atom stereocenters. The number of hydrogen-bond acceptors (Lipinski definition) is 9. The van der Waals surface area contributed by atoms with E-state index in [4.69, 9.17) is 4.74 Å². The fourth-order valence-corrected chi connectivity index (χ4v) is 3.61. The summed E-state index contributed by atoms with van der Waals surface area (Å²) in [5, 5.41) is 3.50. The lowest BCUT2D eigenvalue weighted by atomic mass is 9.88. The summed E-state index contributed by atoms with van der Waals surface area (Å²) in [7, 11) is 0. The summed E-state index contributed by atoms with van der Waals surface area (Å²) < 4.78 is 8.78. The molecule has 9 nitrogen and oxygen atoms in total. The molecule has 3 heterocycles. The maximum absolute atomic E-state index is 13.0. The molecule has 1 fully saturated rings. The van der Waals surface area contributed by atoms with Crippen molar-refractivity contribution in [2.24, 2.45) is 0 Å². The van der Waals surface area contributed by atoms with E-state index in [1.54, 1.807) is 48.9 Å². The van der Waals surface area contributed by atoms with Crippen LogP contribution in [0.15, 0.2) is 43.0 Å². The number of ether oxygens (including phenoxy) is 1. The van der Waals surface area contributed by atoms with Gasteiger partial charge in [-0.3, -0.25) is 14.5 Å². The number of aromatic nitrogens is 5. The highest BCUT2D eigenvalue weighted by Crippen LogP contribution is 2.34. The van der Waals surface area contributed by atoms with Gasteiger partial charge in [0.2, 0.25) is 17.7 Å². The van der Waals surface area contributed by atoms with Crippen molar-refractivity contribution in [3.63, 3.8) is 0 Å². The Hall–Kier alpha value is -3.27. The van der Waals surface area contributed by atoms with Gasteiger partial charge < -0.3 is 10.1 Å². The van der Waals surface area contributed by atoms with Crippen LogP contribution in [0, 0.1) is 0 Å². The van der Waals surface area contributed by atoms with Gasteiger partial charge in [-0.25, -0.2) is 19.9 Å². The average molecular weight is 466 g/mol. The molecular formula is C23H27N7O2S. The van der Waals surface area contributed by atoms with Crippen LogP contribution in [-0.2, 0) is 10.2 Å². The van der Waals surface area contributed by atoms with E-state index in [2.05, 4.69) is 35.0 Å². The molecular weight excluding hydrogens is 438 g/mol. The van der Waals surface area contributed by atoms with E-state index in [0.717, 1.165) is 5.56 Å². The summed E-state index contributed by atoms with van der Waals surface area (Å²) >= 11 is 1.63. The summed E-state index contributed by atoms with van der Waals surface area (Å²) in [6, 6.07) is 5.33. The van der Waals surface area contributed by atoms with Gasteiger partial charge >= 0.3 is 0 Å². The zero-order chi connectivity index (χ0) is 23.4. The Morgan fingerprint density at radius 1 is 1.12 bits per heavy atom. The molecule has 4 rings (SSSR count). The third-order valence-electron chi connectivity index (χ3n) is 4.97. The molecule has 2 N–H and O–H groups in total. The Morgan fingerprint density at radius 2 is 1.94 bits per heavy atom. The first-order valence-corrected chi connectivity index (χ1v) is 11.7. The second-order valence-electron chi connectivity index (χ2n) is 8.61. The number of pyridine rings is 1. The highest BCUT2D eigenvalue weighted by molar-refractivity contribution is 8.01. The summed E-state index contributed by atoms with van der Waals surface area (Å²) in [6.07, 6.45) is 8.96. The van der Waals surface area contributed by atoms with Crippen LogP contribution in [0.25, 0.3) is 11.3 Å². The number of amides is 1. The molecule has 10 heteroatoms. The summed E-state index contributed by atoms with van der Waals surface area (Å²) in [4.78, 5) is 34.8. The largest absolute Gasteiger partial charge is 0.474 e. The molecule has 1 amide bonds. The quantitative estimate of drug-likeness (QED) is 0.447. The fourth-order valence-electron chi connectivity index (χ4n) is 2.87. The van der Waals surface area contributed by atoms with Gasteiger partial charge in [-0.05, 0) is 70.7 Å². The zero-order valence-corrected chi connectivity index (χ0v) is 19.9. The number of rotatable bonds is 9. The van der Waals surface area contributed by atoms with Gasteiger partial charge in [0.25, 0.3) is 0 Å². The lowest BCUT2D eigenvalue weighted by molar-refractivity contribution is -0.120. The van der Waals surface area contributed by atoms with Crippen LogP contribution in [0.5, 0.6) is 5.88 Å². The molecule has 1 aliphatic rings. The second-order valence-corrected chi connectivity index (χ2v) is 9.71. The Labute approximate surface area is 197 Å². The Morgan fingerprint density at radius 3 is 2.64 bits per heavy atom. The summed E-state index contributed by atoms with van der Waals surface area (Å²) in [5.74, 6) is 1.19.